The minimum absolute atomic E-state index is 0.125. The normalized spacial score (nSPS) is 11.8. The monoisotopic (exact) mass is 223 g/mol. The third-order valence-corrected chi connectivity index (χ3v) is 2.48. The Kier molecular flexibility index (Phi) is 8.71. The van der Waals surface area contributed by atoms with Crippen molar-refractivity contribution >= 4 is 5.91 Å². The van der Waals surface area contributed by atoms with Gasteiger partial charge < -0.3 is 5.32 Å². The van der Waals surface area contributed by atoms with Gasteiger partial charge in [0.1, 0.15) is 0 Å². The third kappa shape index (κ3) is 9.58. The number of hydrogen-bond acceptors (Lipinski definition) is 1. The molecule has 0 aliphatic carbocycles. The lowest BCUT2D eigenvalue weighted by Gasteiger charge is -2.14. The number of nitrogens with one attached hydrogen (secondary N) is 1. The van der Waals surface area contributed by atoms with E-state index in [1.54, 1.807) is 6.92 Å². The van der Waals surface area contributed by atoms with Gasteiger partial charge in [-0.3, -0.25) is 4.79 Å². The SMILES string of the molecule is CC#CCCC(=O)N[C@@H](C)CCCC(C)C. The fourth-order valence-electron chi connectivity index (χ4n) is 1.55. The second-order valence-corrected chi connectivity index (χ2v) is 4.72. The van der Waals surface area contributed by atoms with E-state index in [2.05, 4.69) is 37.9 Å². The van der Waals surface area contributed by atoms with E-state index in [0.717, 1.165) is 12.3 Å². The van der Waals surface area contributed by atoms with Crippen molar-refractivity contribution in [2.24, 2.45) is 5.92 Å². The molecule has 0 heterocycles. The maximum absolute atomic E-state index is 11.4. The van der Waals surface area contributed by atoms with Gasteiger partial charge in [-0.25, -0.2) is 0 Å². The van der Waals surface area contributed by atoms with Crippen LogP contribution in [0.2, 0.25) is 0 Å². The van der Waals surface area contributed by atoms with Gasteiger partial charge in [0.05, 0.1) is 0 Å². The molecule has 0 aromatic carbocycles. The van der Waals surface area contributed by atoms with Gasteiger partial charge in [0.25, 0.3) is 0 Å². The van der Waals surface area contributed by atoms with Crippen LogP contribution >= 0.6 is 0 Å². The molecule has 16 heavy (non-hydrogen) atoms. The Hall–Kier alpha value is -0.970. The fourth-order valence-corrected chi connectivity index (χ4v) is 1.55. The number of carbonyl (C=O) groups excluding carboxylic acids is 1. The maximum atomic E-state index is 11.4. The van der Waals surface area contributed by atoms with Crippen molar-refractivity contribution in [3.8, 4) is 11.8 Å². The van der Waals surface area contributed by atoms with E-state index < -0.39 is 0 Å². The molecule has 1 atom stereocenters. The van der Waals surface area contributed by atoms with Crippen molar-refractivity contribution in [1.29, 1.82) is 0 Å². The summed E-state index contributed by atoms with van der Waals surface area (Å²) in [4.78, 5) is 11.4. The lowest BCUT2D eigenvalue weighted by atomic mass is 10.0. The highest BCUT2D eigenvalue weighted by Crippen LogP contribution is 2.08. The molecule has 0 aliphatic rings. The second-order valence-electron chi connectivity index (χ2n) is 4.72. The molecule has 0 saturated carbocycles. The molecule has 2 nitrogen and oxygen atoms in total. The minimum Gasteiger partial charge on any atom is -0.354 e. The molecule has 1 N–H and O–H groups in total. The first kappa shape index (κ1) is 15.0. The van der Waals surface area contributed by atoms with Crippen LogP contribution in [0.15, 0.2) is 0 Å². The molecular weight excluding hydrogens is 198 g/mol. The third-order valence-electron chi connectivity index (χ3n) is 2.48. The Balaban J connectivity index is 3.56. The molecule has 92 valence electrons. The number of carbonyl (C=O) groups is 1. The number of hydrogen-bond donors (Lipinski definition) is 1. The quantitative estimate of drug-likeness (QED) is 0.660. The first-order valence-corrected chi connectivity index (χ1v) is 6.25. The highest BCUT2D eigenvalue weighted by Gasteiger charge is 2.06. The average Bonchev–Trinajstić information content (AvgIpc) is 2.17. The van der Waals surface area contributed by atoms with E-state index in [9.17, 15) is 4.79 Å². The minimum atomic E-state index is 0.125. The molecule has 1 amide bonds. The van der Waals surface area contributed by atoms with E-state index in [1.165, 1.54) is 12.8 Å². The summed E-state index contributed by atoms with van der Waals surface area (Å²) < 4.78 is 0. The summed E-state index contributed by atoms with van der Waals surface area (Å²) in [6, 6.07) is 0.292. The standard InChI is InChI=1S/C14H25NO/c1-5-6-7-11-14(16)15-13(4)10-8-9-12(2)3/h12-13H,7-11H2,1-4H3,(H,15,16)/t13-/m0/s1. The van der Waals surface area contributed by atoms with Crippen molar-refractivity contribution in [1.82, 2.24) is 5.32 Å². The molecule has 0 aromatic rings. The van der Waals surface area contributed by atoms with Gasteiger partial charge in [0, 0.05) is 18.9 Å². The maximum Gasteiger partial charge on any atom is 0.221 e. The molecule has 0 aliphatic heterocycles. The van der Waals surface area contributed by atoms with E-state index >= 15 is 0 Å². The molecule has 0 aromatic heterocycles. The molecule has 0 saturated heterocycles. The van der Waals surface area contributed by atoms with Crippen molar-refractivity contribution in [2.75, 3.05) is 0 Å². The Labute approximate surface area is 100 Å². The number of rotatable bonds is 7. The van der Waals surface area contributed by atoms with Gasteiger partial charge >= 0.3 is 0 Å². The van der Waals surface area contributed by atoms with E-state index in [4.69, 9.17) is 0 Å². The Morgan fingerprint density at radius 2 is 1.94 bits per heavy atom. The van der Waals surface area contributed by atoms with Crippen molar-refractivity contribution in [3.05, 3.63) is 0 Å². The summed E-state index contributed by atoms with van der Waals surface area (Å²) in [5.41, 5.74) is 0. The average molecular weight is 223 g/mol. The smallest absolute Gasteiger partial charge is 0.221 e. The van der Waals surface area contributed by atoms with Crippen LogP contribution in [0, 0.1) is 17.8 Å². The van der Waals surface area contributed by atoms with Crippen LogP contribution in [0.4, 0.5) is 0 Å². The molecule has 0 bridgehead atoms. The summed E-state index contributed by atoms with van der Waals surface area (Å²) in [6.07, 6.45) is 4.69. The summed E-state index contributed by atoms with van der Waals surface area (Å²) >= 11 is 0. The molecule has 2 heteroatoms. The summed E-state index contributed by atoms with van der Waals surface area (Å²) in [5, 5.41) is 3.01. The van der Waals surface area contributed by atoms with E-state index in [-0.39, 0.29) is 5.91 Å². The molecule has 0 fully saturated rings. The summed E-state index contributed by atoms with van der Waals surface area (Å²) in [7, 11) is 0. The first-order valence-electron chi connectivity index (χ1n) is 6.25. The number of amides is 1. The van der Waals surface area contributed by atoms with Gasteiger partial charge in [-0.1, -0.05) is 26.7 Å². The van der Waals surface area contributed by atoms with Crippen LogP contribution in [0.3, 0.4) is 0 Å². The summed E-state index contributed by atoms with van der Waals surface area (Å²) in [5.74, 6) is 6.57. The Morgan fingerprint density at radius 1 is 1.25 bits per heavy atom. The predicted octanol–water partition coefficient (Wildman–Crippen LogP) is 3.12. The Bertz CT molecular complexity index is 247. The van der Waals surface area contributed by atoms with E-state index in [0.29, 0.717) is 18.9 Å². The van der Waals surface area contributed by atoms with Gasteiger partial charge in [0.2, 0.25) is 5.91 Å². The zero-order chi connectivity index (χ0) is 12.4. The van der Waals surface area contributed by atoms with Gasteiger partial charge in [0.15, 0.2) is 0 Å². The molecule has 0 spiro atoms. The highest BCUT2D eigenvalue weighted by atomic mass is 16.1. The van der Waals surface area contributed by atoms with Crippen LogP contribution < -0.4 is 5.32 Å². The van der Waals surface area contributed by atoms with Crippen LogP contribution in [0.5, 0.6) is 0 Å². The topological polar surface area (TPSA) is 29.1 Å². The van der Waals surface area contributed by atoms with Crippen molar-refractivity contribution in [3.63, 3.8) is 0 Å². The summed E-state index contributed by atoms with van der Waals surface area (Å²) in [6.45, 7) is 8.33. The second kappa shape index (κ2) is 9.27. The highest BCUT2D eigenvalue weighted by molar-refractivity contribution is 5.76. The largest absolute Gasteiger partial charge is 0.354 e. The van der Waals surface area contributed by atoms with Gasteiger partial charge in [-0.2, -0.15) is 0 Å². The van der Waals surface area contributed by atoms with Crippen molar-refractivity contribution in [2.45, 2.75) is 65.8 Å². The van der Waals surface area contributed by atoms with Gasteiger partial charge in [-0.15, -0.1) is 11.8 Å². The lowest BCUT2D eigenvalue weighted by molar-refractivity contribution is -0.121. The molecule has 0 rings (SSSR count). The van der Waals surface area contributed by atoms with Crippen LogP contribution in [-0.4, -0.2) is 11.9 Å². The molecular formula is C14H25NO. The van der Waals surface area contributed by atoms with Crippen molar-refractivity contribution < 1.29 is 4.79 Å². The van der Waals surface area contributed by atoms with E-state index in [1.807, 2.05) is 0 Å². The zero-order valence-corrected chi connectivity index (χ0v) is 11.1. The van der Waals surface area contributed by atoms with Gasteiger partial charge in [-0.05, 0) is 26.2 Å². The van der Waals surface area contributed by atoms with Crippen LogP contribution in [0.1, 0.15) is 59.8 Å². The van der Waals surface area contributed by atoms with Crippen LogP contribution in [0.25, 0.3) is 0 Å². The Morgan fingerprint density at radius 3 is 2.50 bits per heavy atom. The predicted molar refractivity (Wildman–Crippen MR) is 69.0 cm³/mol. The molecule has 0 unspecified atom stereocenters. The molecule has 0 radical (unpaired) electrons. The lowest BCUT2D eigenvalue weighted by Crippen LogP contribution is -2.32. The zero-order valence-electron chi connectivity index (χ0n) is 11.1. The van der Waals surface area contributed by atoms with Crippen LogP contribution in [-0.2, 0) is 4.79 Å². The first-order chi connectivity index (χ1) is 7.56. The fraction of sp³-hybridized carbons (Fsp3) is 0.786.